The molecule has 2 heterocycles. The van der Waals surface area contributed by atoms with Gasteiger partial charge in [0.25, 0.3) is 0 Å². The molecule has 27 heavy (non-hydrogen) atoms. The Morgan fingerprint density at radius 2 is 1.63 bits per heavy atom. The molecule has 0 bridgehead atoms. The molecule has 0 radical (unpaired) electrons. The second kappa shape index (κ2) is 9.56. The molecule has 2 aliphatic carbocycles. The second-order valence-electron chi connectivity index (χ2n) is 8.55. The molecule has 1 saturated heterocycles. The van der Waals surface area contributed by atoms with E-state index in [0.29, 0.717) is 12.6 Å². The Hall–Kier alpha value is -0.860. The van der Waals surface area contributed by atoms with Crippen molar-refractivity contribution in [2.45, 2.75) is 77.3 Å². The SMILES string of the molecule is Cc1nnc(CN=C(NC2CCCCC2)N2CC3CCCCC3C2)n1C.I. The summed E-state index contributed by atoms with van der Waals surface area (Å²) < 4.78 is 2.05. The fourth-order valence-corrected chi connectivity index (χ4v) is 4.98. The number of hydrogen-bond donors (Lipinski definition) is 1. The fraction of sp³-hybridized carbons (Fsp3) is 0.850. The zero-order valence-electron chi connectivity index (χ0n) is 16.9. The van der Waals surface area contributed by atoms with Crippen molar-refractivity contribution in [3.05, 3.63) is 11.6 Å². The molecule has 2 atom stereocenters. The van der Waals surface area contributed by atoms with Crippen molar-refractivity contribution >= 4 is 29.9 Å². The van der Waals surface area contributed by atoms with Gasteiger partial charge in [-0.3, -0.25) is 0 Å². The van der Waals surface area contributed by atoms with Crippen molar-refractivity contribution in [3.8, 4) is 0 Å². The smallest absolute Gasteiger partial charge is 0.194 e. The molecule has 1 N–H and O–H groups in total. The number of guanidine groups is 1. The predicted octanol–water partition coefficient (Wildman–Crippen LogP) is 3.64. The summed E-state index contributed by atoms with van der Waals surface area (Å²) in [5.41, 5.74) is 0. The van der Waals surface area contributed by atoms with Crippen molar-refractivity contribution in [2.24, 2.45) is 23.9 Å². The number of aromatic nitrogens is 3. The van der Waals surface area contributed by atoms with Crippen molar-refractivity contribution < 1.29 is 0 Å². The van der Waals surface area contributed by atoms with Gasteiger partial charge in [-0.25, -0.2) is 4.99 Å². The Kier molecular flexibility index (Phi) is 7.39. The van der Waals surface area contributed by atoms with Gasteiger partial charge in [-0.05, 0) is 44.4 Å². The standard InChI is InChI=1S/C20H34N6.HI/c1-15-23-24-19(25(15)2)12-21-20(22-18-10-4-3-5-11-18)26-13-16-8-6-7-9-17(16)14-26;/h16-18H,3-14H2,1-2H3,(H,21,22);1H. The third-order valence-electron chi connectivity index (χ3n) is 6.77. The van der Waals surface area contributed by atoms with Crippen LogP contribution in [0.5, 0.6) is 0 Å². The molecule has 1 aromatic heterocycles. The van der Waals surface area contributed by atoms with Gasteiger partial charge in [0.05, 0.1) is 0 Å². The van der Waals surface area contributed by atoms with Crippen molar-refractivity contribution in [1.29, 1.82) is 0 Å². The lowest BCUT2D eigenvalue weighted by Crippen LogP contribution is -2.46. The Labute approximate surface area is 180 Å². The van der Waals surface area contributed by atoms with Gasteiger partial charge in [0.15, 0.2) is 11.8 Å². The maximum atomic E-state index is 5.01. The van der Waals surface area contributed by atoms with Crippen molar-refractivity contribution in [2.75, 3.05) is 13.1 Å². The van der Waals surface area contributed by atoms with Gasteiger partial charge in [-0.15, -0.1) is 34.2 Å². The molecule has 4 rings (SSSR count). The lowest BCUT2D eigenvalue weighted by molar-refractivity contribution is 0.299. The van der Waals surface area contributed by atoms with E-state index in [4.69, 9.17) is 4.99 Å². The molecular formula is C20H35IN6. The molecule has 0 aromatic carbocycles. The molecule has 3 fully saturated rings. The predicted molar refractivity (Wildman–Crippen MR) is 119 cm³/mol. The summed E-state index contributed by atoms with van der Waals surface area (Å²) in [7, 11) is 2.03. The topological polar surface area (TPSA) is 58.3 Å². The molecule has 0 amide bonds. The van der Waals surface area contributed by atoms with E-state index < -0.39 is 0 Å². The van der Waals surface area contributed by atoms with Crippen molar-refractivity contribution in [1.82, 2.24) is 25.0 Å². The molecular weight excluding hydrogens is 451 g/mol. The van der Waals surface area contributed by atoms with E-state index in [9.17, 15) is 0 Å². The molecule has 2 unspecified atom stereocenters. The quantitative estimate of drug-likeness (QED) is 0.403. The summed E-state index contributed by atoms with van der Waals surface area (Å²) in [6.45, 7) is 4.97. The number of halogens is 1. The van der Waals surface area contributed by atoms with E-state index in [1.54, 1.807) is 0 Å². The van der Waals surface area contributed by atoms with Crippen LogP contribution in [-0.4, -0.2) is 44.8 Å². The van der Waals surface area contributed by atoms with Crippen LogP contribution >= 0.6 is 24.0 Å². The third kappa shape index (κ3) is 4.95. The second-order valence-corrected chi connectivity index (χ2v) is 8.55. The molecule has 6 nitrogen and oxygen atoms in total. The number of likely N-dealkylation sites (tertiary alicyclic amines) is 1. The van der Waals surface area contributed by atoms with Gasteiger partial charge < -0.3 is 14.8 Å². The van der Waals surface area contributed by atoms with Crippen LogP contribution in [0.15, 0.2) is 4.99 Å². The van der Waals surface area contributed by atoms with Crippen LogP contribution in [0.1, 0.15) is 69.4 Å². The van der Waals surface area contributed by atoms with Gasteiger partial charge in [-0.2, -0.15) is 0 Å². The summed E-state index contributed by atoms with van der Waals surface area (Å²) in [5, 5.41) is 12.3. The first-order valence-corrected chi connectivity index (χ1v) is 10.6. The van der Waals surface area contributed by atoms with E-state index in [-0.39, 0.29) is 24.0 Å². The monoisotopic (exact) mass is 486 g/mol. The zero-order valence-corrected chi connectivity index (χ0v) is 19.2. The minimum absolute atomic E-state index is 0. The summed E-state index contributed by atoms with van der Waals surface area (Å²) in [4.78, 5) is 7.55. The molecule has 0 spiro atoms. The largest absolute Gasteiger partial charge is 0.353 e. The summed E-state index contributed by atoms with van der Waals surface area (Å²) in [5.74, 6) is 4.76. The van der Waals surface area contributed by atoms with Gasteiger partial charge in [0.2, 0.25) is 0 Å². The van der Waals surface area contributed by atoms with Gasteiger partial charge in [-0.1, -0.05) is 32.1 Å². The normalized spacial score (nSPS) is 26.6. The van der Waals surface area contributed by atoms with E-state index in [1.807, 2.05) is 18.5 Å². The molecule has 3 aliphatic rings. The maximum absolute atomic E-state index is 5.01. The number of nitrogens with zero attached hydrogens (tertiary/aromatic N) is 5. The first-order valence-electron chi connectivity index (χ1n) is 10.6. The Morgan fingerprint density at radius 1 is 1.00 bits per heavy atom. The molecule has 1 aliphatic heterocycles. The van der Waals surface area contributed by atoms with Crippen LogP contribution in [0.2, 0.25) is 0 Å². The lowest BCUT2D eigenvalue weighted by Gasteiger charge is -2.29. The highest BCUT2D eigenvalue weighted by Gasteiger charge is 2.36. The Bertz CT molecular complexity index is 622. The zero-order chi connectivity index (χ0) is 17.9. The number of hydrogen-bond acceptors (Lipinski definition) is 3. The van der Waals surface area contributed by atoms with Crippen LogP contribution in [0.3, 0.4) is 0 Å². The van der Waals surface area contributed by atoms with E-state index in [0.717, 1.165) is 29.4 Å². The van der Waals surface area contributed by atoms with Crippen molar-refractivity contribution in [3.63, 3.8) is 0 Å². The average Bonchev–Trinajstić information content (AvgIpc) is 3.24. The summed E-state index contributed by atoms with van der Waals surface area (Å²) >= 11 is 0. The van der Waals surface area contributed by atoms with Gasteiger partial charge in [0.1, 0.15) is 12.4 Å². The maximum Gasteiger partial charge on any atom is 0.194 e. The van der Waals surface area contributed by atoms with Gasteiger partial charge in [0, 0.05) is 26.2 Å². The lowest BCUT2D eigenvalue weighted by atomic mass is 9.82. The number of aliphatic imine (C=N–C) groups is 1. The average molecular weight is 486 g/mol. The number of fused-ring (bicyclic) bond motifs is 1. The minimum atomic E-state index is 0. The van der Waals surface area contributed by atoms with Crippen LogP contribution in [0.4, 0.5) is 0 Å². The fourth-order valence-electron chi connectivity index (χ4n) is 4.98. The summed E-state index contributed by atoms with van der Waals surface area (Å²) in [6.07, 6.45) is 12.3. The van der Waals surface area contributed by atoms with Gasteiger partial charge >= 0.3 is 0 Å². The summed E-state index contributed by atoms with van der Waals surface area (Å²) in [6, 6.07) is 0.589. The molecule has 2 saturated carbocycles. The highest BCUT2D eigenvalue weighted by atomic mass is 127. The van der Waals surface area contributed by atoms with Crippen LogP contribution < -0.4 is 5.32 Å². The Balaban J connectivity index is 0.00000210. The molecule has 1 aromatic rings. The number of aryl methyl sites for hydroxylation is 1. The minimum Gasteiger partial charge on any atom is -0.353 e. The van der Waals surface area contributed by atoms with Crippen LogP contribution in [0.25, 0.3) is 0 Å². The Morgan fingerprint density at radius 3 is 2.22 bits per heavy atom. The van der Waals surface area contributed by atoms with E-state index in [2.05, 4.69) is 20.4 Å². The number of nitrogens with one attached hydrogen (secondary N) is 1. The first kappa shape index (κ1) is 20.9. The van der Waals surface area contributed by atoms with E-state index >= 15 is 0 Å². The highest BCUT2D eigenvalue weighted by molar-refractivity contribution is 14.0. The van der Waals surface area contributed by atoms with E-state index in [1.165, 1.54) is 70.9 Å². The van der Waals surface area contributed by atoms with Crippen LogP contribution in [0, 0.1) is 18.8 Å². The molecule has 152 valence electrons. The first-order chi connectivity index (χ1) is 12.7. The number of rotatable bonds is 3. The third-order valence-corrected chi connectivity index (χ3v) is 6.77. The molecule has 7 heteroatoms. The van der Waals surface area contributed by atoms with Crippen LogP contribution in [-0.2, 0) is 13.6 Å². The highest BCUT2D eigenvalue weighted by Crippen LogP contribution is 2.36.